The Balaban J connectivity index is 1.76. The second-order valence-corrected chi connectivity index (χ2v) is 7.63. The van der Waals surface area contributed by atoms with E-state index in [1.54, 1.807) is 11.3 Å². The van der Waals surface area contributed by atoms with Crippen LogP contribution in [-0.4, -0.2) is 13.1 Å². The standard InChI is InChI=1S/C16H20O2S/c1-18-15(17)13-8-19-9-14(13)16-5-10-2-11(6-16)4-12(3-10)7-16/h8-12H,2-7H2,1H3. The predicted molar refractivity (Wildman–Crippen MR) is 75.5 cm³/mol. The molecule has 0 saturated heterocycles. The maximum absolute atomic E-state index is 12.0. The number of carbonyl (C=O) groups is 1. The molecule has 0 radical (unpaired) electrons. The highest BCUT2D eigenvalue weighted by atomic mass is 32.1. The van der Waals surface area contributed by atoms with E-state index in [1.807, 2.05) is 5.38 Å². The van der Waals surface area contributed by atoms with E-state index in [4.69, 9.17) is 4.74 Å². The molecule has 1 heterocycles. The highest BCUT2D eigenvalue weighted by molar-refractivity contribution is 7.08. The molecule has 0 spiro atoms. The molecule has 4 saturated carbocycles. The molecule has 102 valence electrons. The first-order chi connectivity index (χ1) is 9.20. The van der Waals surface area contributed by atoms with Gasteiger partial charge in [-0.25, -0.2) is 4.79 Å². The summed E-state index contributed by atoms with van der Waals surface area (Å²) >= 11 is 1.66. The molecule has 4 aliphatic carbocycles. The zero-order valence-electron chi connectivity index (χ0n) is 11.4. The van der Waals surface area contributed by atoms with Gasteiger partial charge in [0.1, 0.15) is 0 Å². The third kappa shape index (κ3) is 1.70. The van der Waals surface area contributed by atoms with E-state index in [2.05, 4.69) is 5.38 Å². The van der Waals surface area contributed by atoms with Crippen LogP contribution in [0, 0.1) is 17.8 Å². The quantitative estimate of drug-likeness (QED) is 0.763. The van der Waals surface area contributed by atoms with Gasteiger partial charge in [0.2, 0.25) is 0 Å². The highest BCUT2D eigenvalue weighted by Crippen LogP contribution is 2.61. The van der Waals surface area contributed by atoms with Gasteiger partial charge < -0.3 is 4.74 Å². The first-order valence-electron chi connectivity index (χ1n) is 7.35. The average Bonchev–Trinajstić information content (AvgIpc) is 2.86. The second-order valence-electron chi connectivity index (χ2n) is 6.89. The van der Waals surface area contributed by atoms with E-state index in [0.29, 0.717) is 5.41 Å². The molecule has 0 amide bonds. The second kappa shape index (κ2) is 4.08. The molecular weight excluding hydrogens is 256 g/mol. The molecule has 0 atom stereocenters. The number of thiophene rings is 1. The lowest BCUT2D eigenvalue weighted by Crippen LogP contribution is -2.48. The summed E-state index contributed by atoms with van der Waals surface area (Å²) in [6, 6.07) is 0. The van der Waals surface area contributed by atoms with Crippen molar-refractivity contribution in [3.63, 3.8) is 0 Å². The minimum absolute atomic E-state index is 0.146. The van der Waals surface area contributed by atoms with Crippen molar-refractivity contribution < 1.29 is 9.53 Å². The zero-order valence-corrected chi connectivity index (χ0v) is 12.2. The number of esters is 1. The molecule has 5 rings (SSSR count). The van der Waals surface area contributed by atoms with Gasteiger partial charge in [0.05, 0.1) is 12.7 Å². The van der Waals surface area contributed by atoms with Gasteiger partial charge in [-0.2, -0.15) is 11.3 Å². The van der Waals surface area contributed by atoms with Gasteiger partial charge in [-0.15, -0.1) is 0 Å². The van der Waals surface area contributed by atoms with Crippen LogP contribution in [0.25, 0.3) is 0 Å². The molecule has 1 aromatic heterocycles. The first kappa shape index (κ1) is 12.0. The van der Waals surface area contributed by atoms with Gasteiger partial charge in [0.25, 0.3) is 0 Å². The summed E-state index contributed by atoms with van der Waals surface area (Å²) in [5.41, 5.74) is 2.45. The van der Waals surface area contributed by atoms with Crippen LogP contribution in [0.2, 0.25) is 0 Å². The molecule has 1 aromatic rings. The van der Waals surface area contributed by atoms with Crippen molar-refractivity contribution in [2.75, 3.05) is 7.11 Å². The van der Waals surface area contributed by atoms with Crippen molar-refractivity contribution in [2.45, 2.75) is 43.9 Å². The Morgan fingerprint density at radius 3 is 2.26 bits per heavy atom. The van der Waals surface area contributed by atoms with Crippen molar-refractivity contribution in [3.05, 3.63) is 21.9 Å². The van der Waals surface area contributed by atoms with Crippen molar-refractivity contribution in [2.24, 2.45) is 17.8 Å². The van der Waals surface area contributed by atoms with E-state index >= 15 is 0 Å². The van der Waals surface area contributed by atoms with Gasteiger partial charge in [0, 0.05) is 5.38 Å². The van der Waals surface area contributed by atoms with Crippen LogP contribution in [0.15, 0.2) is 10.8 Å². The topological polar surface area (TPSA) is 26.3 Å². The van der Waals surface area contributed by atoms with E-state index in [-0.39, 0.29) is 5.97 Å². The average molecular weight is 276 g/mol. The zero-order chi connectivity index (χ0) is 13.0. The van der Waals surface area contributed by atoms with E-state index in [0.717, 1.165) is 23.3 Å². The SMILES string of the molecule is COC(=O)c1cscc1C12CC3CC(CC(C3)C1)C2. The van der Waals surface area contributed by atoms with Crippen molar-refractivity contribution in [3.8, 4) is 0 Å². The fourth-order valence-corrected chi connectivity index (χ4v) is 6.36. The maximum Gasteiger partial charge on any atom is 0.339 e. The lowest BCUT2D eigenvalue weighted by molar-refractivity contribution is -0.00571. The monoisotopic (exact) mass is 276 g/mol. The van der Waals surface area contributed by atoms with E-state index in [9.17, 15) is 4.79 Å². The van der Waals surface area contributed by atoms with Crippen LogP contribution >= 0.6 is 11.3 Å². The summed E-state index contributed by atoms with van der Waals surface area (Å²) in [5.74, 6) is 2.59. The number of carbonyl (C=O) groups excluding carboxylic acids is 1. The van der Waals surface area contributed by atoms with Crippen molar-refractivity contribution >= 4 is 17.3 Å². The summed E-state index contributed by atoms with van der Waals surface area (Å²) in [6.07, 6.45) is 8.24. The van der Waals surface area contributed by atoms with Gasteiger partial charge in [-0.3, -0.25) is 0 Å². The van der Waals surface area contributed by atoms with Gasteiger partial charge in [-0.05, 0) is 72.6 Å². The minimum Gasteiger partial charge on any atom is -0.465 e. The smallest absolute Gasteiger partial charge is 0.339 e. The van der Waals surface area contributed by atoms with Crippen LogP contribution < -0.4 is 0 Å². The van der Waals surface area contributed by atoms with E-state index in [1.165, 1.54) is 51.2 Å². The van der Waals surface area contributed by atoms with Gasteiger partial charge in [0.15, 0.2) is 0 Å². The fourth-order valence-electron chi connectivity index (χ4n) is 5.42. The van der Waals surface area contributed by atoms with Crippen LogP contribution in [-0.2, 0) is 10.2 Å². The number of hydrogen-bond acceptors (Lipinski definition) is 3. The minimum atomic E-state index is -0.146. The Hall–Kier alpha value is -0.830. The number of methoxy groups -OCH3 is 1. The van der Waals surface area contributed by atoms with Crippen LogP contribution in [0.3, 0.4) is 0 Å². The molecule has 4 fully saturated rings. The molecule has 0 N–H and O–H groups in total. The van der Waals surface area contributed by atoms with Gasteiger partial charge in [-0.1, -0.05) is 0 Å². The highest BCUT2D eigenvalue weighted by Gasteiger charge is 2.52. The first-order valence-corrected chi connectivity index (χ1v) is 8.29. The Morgan fingerprint density at radius 2 is 1.74 bits per heavy atom. The third-order valence-corrected chi connectivity index (χ3v) is 6.42. The molecular formula is C16H20O2S. The molecule has 2 nitrogen and oxygen atoms in total. The van der Waals surface area contributed by atoms with Crippen LogP contribution in [0.5, 0.6) is 0 Å². The summed E-state index contributed by atoms with van der Waals surface area (Å²) < 4.78 is 4.97. The molecule has 0 aromatic carbocycles. The molecule has 4 bridgehead atoms. The fraction of sp³-hybridized carbons (Fsp3) is 0.688. The summed E-state index contributed by atoms with van der Waals surface area (Å²) in [5, 5.41) is 4.21. The number of ether oxygens (including phenoxy) is 1. The Morgan fingerprint density at radius 1 is 1.16 bits per heavy atom. The lowest BCUT2D eigenvalue weighted by atomic mass is 9.48. The van der Waals surface area contributed by atoms with Crippen LogP contribution in [0.1, 0.15) is 54.4 Å². The van der Waals surface area contributed by atoms with E-state index < -0.39 is 0 Å². The number of hydrogen-bond donors (Lipinski definition) is 0. The largest absolute Gasteiger partial charge is 0.465 e. The van der Waals surface area contributed by atoms with Crippen LogP contribution in [0.4, 0.5) is 0 Å². The maximum atomic E-state index is 12.0. The summed E-state index contributed by atoms with van der Waals surface area (Å²) in [6.45, 7) is 0. The summed E-state index contributed by atoms with van der Waals surface area (Å²) in [7, 11) is 1.49. The number of rotatable bonds is 2. The predicted octanol–water partition coefficient (Wildman–Crippen LogP) is 4.00. The molecule has 0 unspecified atom stereocenters. The normalized spacial score (nSPS) is 39.5. The summed E-state index contributed by atoms with van der Waals surface area (Å²) in [4.78, 5) is 12.0. The molecule has 4 aliphatic rings. The molecule has 0 aliphatic heterocycles. The molecule has 19 heavy (non-hydrogen) atoms. The van der Waals surface area contributed by atoms with Crippen molar-refractivity contribution in [1.29, 1.82) is 0 Å². The van der Waals surface area contributed by atoms with Crippen molar-refractivity contribution in [1.82, 2.24) is 0 Å². The Bertz CT molecular complexity index is 481. The third-order valence-electron chi connectivity index (χ3n) is 5.68. The molecule has 3 heteroatoms. The Kier molecular flexibility index (Phi) is 2.57. The van der Waals surface area contributed by atoms with Gasteiger partial charge >= 0.3 is 5.97 Å². The lowest BCUT2D eigenvalue weighted by Gasteiger charge is -2.57. The Labute approximate surface area is 118 Å².